The minimum absolute atomic E-state index is 0.847. The van der Waals surface area contributed by atoms with Crippen molar-refractivity contribution in [2.45, 2.75) is 19.8 Å². The molecule has 0 unspecified atom stereocenters. The van der Waals surface area contributed by atoms with Crippen LogP contribution in [0.5, 0.6) is 0 Å². The van der Waals surface area contributed by atoms with Crippen LogP contribution in [0.2, 0.25) is 0 Å². The van der Waals surface area contributed by atoms with Gasteiger partial charge in [0.25, 0.3) is 0 Å². The van der Waals surface area contributed by atoms with E-state index in [1.54, 1.807) is 0 Å². The Bertz CT molecular complexity index is 287. The van der Waals surface area contributed by atoms with Gasteiger partial charge < -0.3 is 10.6 Å². The Hall–Kier alpha value is -1.46. The molecule has 0 heterocycles. The van der Waals surface area contributed by atoms with Crippen molar-refractivity contribution >= 4 is 5.69 Å². The fraction of sp³-hybridized carbons (Fsp3) is 0.429. The Balaban J connectivity index is 0.00000106. The summed E-state index contributed by atoms with van der Waals surface area (Å²) < 4.78 is 0. The van der Waals surface area contributed by atoms with Crippen molar-refractivity contribution in [3.8, 4) is 12.8 Å². The van der Waals surface area contributed by atoms with Crippen LogP contribution in [0.4, 0.5) is 5.69 Å². The molecule has 2 nitrogen and oxygen atoms in total. The summed E-state index contributed by atoms with van der Waals surface area (Å²) in [5, 5.41) is 0. The van der Waals surface area contributed by atoms with E-state index in [1.165, 1.54) is 18.5 Å². The maximum atomic E-state index is 5.62. The molecule has 0 spiro atoms. The average molecular weight is 218 g/mol. The number of nitrogens with zero attached hydrogens (tertiary/aromatic N) is 1. The van der Waals surface area contributed by atoms with Crippen molar-refractivity contribution in [3.63, 3.8) is 0 Å². The largest absolute Gasteiger partial charge is 0.399 e. The second kappa shape index (κ2) is 8.82. The number of nitrogen functional groups attached to an aromatic ring is 1. The van der Waals surface area contributed by atoms with Crippen molar-refractivity contribution in [1.82, 2.24) is 4.90 Å². The molecule has 1 rings (SSSR count). The van der Waals surface area contributed by atoms with Crippen molar-refractivity contribution in [1.29, 1.82) is 0 Å². The van der Waals surface area contributed by atoms with Gasteiger partial charge in [-0.1, -0.05) is 19.1 Å². The first-order valence-corrected chi connectivity index (χ1v) is 5.58. The highest BCUT2D eigenvalue weighted by Crippen LogP contribution is 2.07. The van der Waals surface area contributed by atoms with E-state index in [1.807, 2.05) is 12.1 Å². The zero-order valence-corrected chi connectivity index (χ0v) is 10.3. The summed E-state index contributed by atoms with van der Waals surface area (Å²) in [4.78, 5) is 2.33. The van der Waals surface area contributed by atoms with Crippen LogP contribution in [0.1, 0.15) is 18.9 Å². The predicted molar refractivity (Wildman–Crippen MR) is 72.2 cm³/mol. The van der Waals surface area contributed by atoms with Crippen LogP contribution in [0.25, 0.3) is 0 Å². The molecule has 0 saturated carbocycles. The van der Waals surface area contributed by atoms with Gasteiger partial charge in [0, 0.05) is 5.69 Å². The number of nitrogens with two attached hydrogens (primary N) is 1. The van der Waals surface area contributed by atoms with E-state index in [4.69, 9.17) is 5.73 Å². The molecular weight excluding hydrogens is 196 g/mol. The van der Waals surface area contributed by atoms with Crippen LogP contribution in [-0.2, 0) is 6.42 Å². The lowest BCUT2D eigenvalue weighted by Crippen LogP contribution is -2.19. The molecule has 0 amide bonds. The molecule has 0 aliphatic carbocycles. The van der Waals surface area contributed by atoms with E-state index in [0.717, 1.165) is 18.7 Å². The molecule has 0 aliphatic rings. The minimum Gasteiger partial charge on any atom is -0.399 e. The first-order valence-electron chi connectivity index (χ1n) is 5.58. The SMILES string of the molecule is C#C.CCN(C)CCCc1ccc(N)cc1. The Labute approximate surface area is 99.5 Å². The highest BCUT2D eigenvalue weighted by molar-refractivity contribution is 5.39. The quantitative estimate of drug-likeness (QED) is 0.607. The van der Waals surface area contributed by atoms with Gasteiger partial charge in [0.1, 0.15) is 0 Å². The average Bonchev–Trinajstić information content (AvgIpc) is 2.34. The van der Waals surface area contributed by atoms with E-state index in [2.05, 4.69) is 43.9 Å². The monoisotopic (exact) mass is 218 g/mol. The Morgan fingerprint density at radius 3 is 2.25 bits per heavy atom. The highest BCUT2D eigenvalue weighted by atomic mass is 15.1. The second-order valence-corrected chi connectivity index (χ2v) is 3.74. The maximum Gasteiger partial charge on any atom is 0.0314 e. The summed E-state index contributed by atoms with van der Waals surface area (Å²) in [5.74, 6) is 0. The number of benzene rings is 1. The molecule has 2 heteroatoms. The molecule has 0 saturated heterocycles. The number of rotatable bonds is 5. The number of hydrogen-bond acceptors (Lipinski definition) is 2. The molecular formula is C14H22N2. The third-order valence-corrected chi connectivity index (χ3v) is 2.52. The molecule has 88 valence electrons. The van der Waals surface area contributed by atoms with Crippen molar-refractivity contribution < 1.29 is 0 Å². The molecule has 1 aromatic rings. The van der Waals surface area contributed by atoms with E-state index >= 15 is 0 Å². The lowest BCUT2D eigenvalue weighted by molar-refractivity contribution is 0.347. The second-order valence-electron chi connectivity index (χ2n) is 3.74. The number of hydrogen-bond donors (Lipinski definition) is 1. The molecule has 2 N–H and O–H groups in total. The van der Waals surface area contributed by atoms with Gasteiger partial charge in [-0.3, -0.25) is 0 Å². The van der Waals surface area contributed by atoms with Gasteiger partial charge in [0.05, 0.1) is 0 Å². The standard InChI is InChI=1S/C12H20N2.C2H2/c1-3-14(2)10-4-5-11-6-8-12(13)9-7-11;1-2/h6-9H,3-5,10,13H2,1-2H3;1-2H. The summed E-state index contributed by atoms with van der Waals surface area (Å²) in [5.41, 5.74) is 7.84. The van der Waals surface area contributed by atoms with E-state index in [9.17, 15) is 0 Å². The van der Waals surface area contributed by atoms with Crippen LogP contribution in [0, 0.1) is 12.8 Å². The van der Waals surface area contributed by atoms with Crippen molar-refractivity contribution in [3.05, 3.63) is 29.8 Å². The summed E-state index contributed by atoms with van der Waals surface area (Å²) in [6.45, 7) is 4.48. The van der Waals surface area contributed by atoms with Crippen molar-refractivity contribution in [2.75, 3.05) is 25.9 Å². The fourth-order valence-electron chi connectivity index (χ4n) is 1.40. The fourth-order valence-corrected chi connectivity index (χ4v) is 1.40. The lowest BCUT2D eigenvalue weighted by atomic mass is 10.1. The molecule has 0 aliphatic heterocycles. The molecule has 0 bridgehead atoms. The van der Waals surface area contributed by atoms with Gasteiger partial charge in [-0.15, -0.1) is 12.8 Å². The molecule has 1 aromatic carbocycles. The van der Waals surface area contributed by atoms with Crippen LogP contribution >= 0.6 is 0 Å². The summed E-state index contributed by atoms with van der Waals surface area (Å²) in [6.07, 6.45) is 10.4. The van der Waals surface area contributed by atoms with Gasteiger partial charge in [-0.25, -0.2) is 0 Å². The number of anilines is 1. The first-order chi connectivity index (χ1) is 7.72. The van der Waals surface area contributed by atoms with Gasteiger partial charge >= 0.3 is 0 Å². The smallest absolute Gasteiger partial charge is 0.0314 e. The molecule has 0 aromatic heterocycles. The minimum atomic E-state index is 0.847. The third-order valence-electron chi connectivity index (χ3n) is 2.52. The zero-order chi connectivity index (χ0) is 12.4. The van der Waals surface area contributed by atoms with E-state index in [0.29, 0.717) is 0 Å². The van der Waals surface area contributed by atoms with Gasteiger partial charge in [-0.05, 0) is 50.7 Å². The van der Waals surface area contributed by atoms with Crippen LogP contribution in [0.3, 0.4) is 0 Å². The van der Waals surface area contributed by atoms with Crippen molar-refractivity contribution in [2.24, 2.45) is 0 Å². The summed E-state index contributed by atoms with van der Waals surface area (Å²) in [7, 11) is 2.16. The van der Waals surface area contributed by atoms with Crippen LogP contribution in [-0.4, -0.2) is 25.0 Å². The molecule has 0 atom stereocenters. The molecule has 16 heavy (non-hydrogen) atoms. The number of terminal acetylenes is 1. The summed E-state index contributed by atoms with van der Waals surface area (Å²) >= 11 is 0. The van der Waals surface area contributed by atoms with Gasteiger partial charge in [-0.2, -0.15) is 0 Å². The topological polar surface area (TPSA) is 29.3 Å². The van der Waals surface area contributed by atoms with Crippen LogP contribution in [0.15, 0.2) is 24.3 Å². The Kier molecular flexibility index (Phi) is 8.01. The van der Waals surface area contributed by atoms with Crippen LogP contribution < -0.4 is 5.73 Å². The Morgan fingerprint density at radius 2 is 1.75 bits per heavy atom. The maximum absolute atomic E-state index is 5.62. The summed E-state index contributed by atoms with van der Waals surface area (Å²) in [6, 6.07) is 8.17. The Morgan fingerprint density at radius 1 is 1.19 bits per heavy atom. The molecule has 0 radical (unpaired) electrons. The highest BCUT2D eigenvalue weighted by Gasteiger charge is 1.96. The predicted octanol–water partition coefficient (Wildman–Crippen LogP) is 2.40. The van der Waals surface area contributed by atoms with E-state index < -0.39 is 0 Å². The van der Waals surface area contributed by atoms with Gasteiger partial charge in [0.2, 0.25) is 0 Å². The van der Waals surface area contributed by atoms with E-state index in [-0.39, 0.29) is 0 Å². The normalized spacial score (nSPS) is 9.56. The number of aryl methyl sites for hydroxylation is 1. The zero-order valence-electron chi connectivity index (χ0n) is 10.3. The third kappa shape index (κ3) is 6.10. The first kappa shape index (κ1) is 14.5. The molecule has 0 fully saturated rings. The lowest BCUT2D eigenvalue weighted by Gasteiger charge is -2.13. The van der Waals surface area contributed by atoms with Gasteiger partial charge in [0.15, 0.2) is 0 Å².